The summed E-state index contributed by atoms with van der Waals surface area (Å²) in [5.41, 5.74) is 7.55. The van der Waals surface area contributed by atoms with Crippen molar-refractivity contribution in [1.29, 1.82) is 0 Å². The van der Waals surface area contributed by atoms with Gasteiger partial charge in [0.05, 0.1) is 5.66 Å². The summed E-state index contributed by atoms with van der Waals surface area (Å²) in [6.45, 7) is 8.68. The minimum absolute atomic E-state index is 0.155. The molecule has 4 nitrogen and oxygen atoms in total. The third kappa shape index (κ3) is 5.94. The molecule has 0 saturated carbocycles. The van der Waals surface area contributed by atoms with Crippen molar-refractivity contribution in [2.45, 2.75) is 77.4 Å². The van der Waals surface area contributed by atoms with Crippen molar-refractivity contribution in [3.8, 4) is 0 Å². The maximum absolute atomic E-state index is 11.7. The fourth-order valence-electron chi connectivity index (χ4n) is 4.20. The summed E-state index contributed by atoms with van der Waals surface area (Å²) in [5.74, 6) is 0.155. The van der Waals surface area contributed by atoms with Gasteiger partial charge in [0.15, 0.2) is 0 Å². The predicted octanol–water partition coefficient (Wildman–Crippen LogP) is 4.75. The van der Waals surface area contributed by atoms with Crippen molar-refractivity contribution in [3.05, 3.63) is 34.9 Å². The lowest BCUT2D eigenvalue weighted by molar-refractivity contribution is -0.130. The highest BCUT2D eigenvalue weighted by Crippen LogP contribution is 2.35. The molecule has 2 N–H and O–H groups in total. The first-order valence-corrected chi connectivity index (χ1v) is 10.8. The van der Waals surface area contributed by atoms with Gasteiger partial charge in [0, 0.05) is 43.2 Å². The van der Waals surface area contributed by atoms with E-state index in [1.54, 1.807) is 6.92 Å². The molecule has 0 aliphatic carbocycles. The quantitative estimate of drug-likeness (QED) is 0.615. The number of benzene rings is 1. The van der Waals surface area contributed by atoms with E-state index in [2.05, 4.69) is 24.8 Å². The zero-order valence-electron chi connectivity index (χ0n) is 17.2. The van der Waals surface area contributed by atoms with E-state index in [0.717, 1.165) is 55.9 Å². The van der Waals surface area contributed by atoms with Crippen LogP contribution in [0.1, 0.15) is 71.3 Å². The second-order valence-corrected chi connectivity index (χ2v) is 8.48. The molecule has 152 valence electrons. The number of carbonyl (C=O) groups excluding carboxylic acids is 1. The summed E-state index contributed by atoms with van der Waals surface area (Å²) in [4.78, 5) is 16.1. The first-order chi connectivity index (χ1) is 12.9. The standard InChI is InChI=1S/C22H36ClN3O/c1-18(2)26(19(3)27)17-11-4-8-14-22(24,25-15-9-5-10-16-25)20-12-6-7-13-21(20)23/h6-7,12-13,18H,4-5,8-11,14-17,24H2,1-3H3. The fourth-order valence-corrected chi connectivity index (χ4v) is 4.50. The number of hydrogen-bond acceptors (Lipinski definition) is 3. The molecule has 1 fully saturated rings. The largest absolute Gasteiger partial charge is 0.341 e. The summed E-state index contributed by atoms with van der Waals surface area (Å²) < 4.78 is 0. The van der Waals surface area contributed by atoms with Crippen molar-refractivity contribution in [1.82, 2.24) is 9.80 Å². The Morgan fingerprint density at radius 2 is 1.85 bits per heavy atom. The number of nitrogens with zero attached hydrogens (tertiary/aromatic N) is 2. The Balaban J connectivity index is 1.99. The summed E-state index contributed by atoms with van der Waals surface area (Å²) in [7, 11) is 0. The van der Waals surface area contributed by atoms with Crippen LogP contribution in [0.2, 0.25) is 5.02 Å². The second kappa shape index (κ2) is 10.4. The smallest absolute Gasteiger partial charge is 0.219 e. The molecule has 5 heteroatoms. The third-order valence-corrected chi connectivity index (χ3v) is 6.07. The number of unbranched alkanes of at least 4 members (excludes halogenated alkanes) is 2. The monoisotopic (exact) mass is 393 g/mol. The number of hydrogen-bond donors (Lipinski definition) is 1. The Hall–Kier alpha value is -1.10. The van der Waals surface area contributed by atoms with Gasteiger partial charge in [-0.1, -0.05) is 42.6 Å². The number of halogens is 1. The SMILES string of the molecule is CC(=O)N(CCCCCC(N)(c1ccccc1Cl)N1CCCCC1)C(C)C. The van der Waals surface area contributed by atoms with Crippen molar-refractivity contribution >= 4 is 17.5 Å². The highest BCUT2D eigenvalue weighted by molar-refractivity contribution is 6.31. The van der Waals surface area contributed by atoms with Gasteiger partial charge in [0.25, 0.3) is 0 Å². The number of amides is 1. The number of carbonyl (C=O) groups is 1. The van der Waals surface area contributed by atoms with Crippen LogP contribution in [0.25, 0.3) is 0 Å². The molecule has 0 aromatic heterocycles. The molecule has 1 saturated heterocycles. The summed E-state index contributed by atoms with van der Waals surface area (Å²) in [6, 6.07) is 8.26. The van der Waals surface area contributed by atoms with Crippen molar-refractivity contribution in [2.75, 3.05) is 19.6 Å². The molecule has 1 aliphatic rings. The van der Waals surface area contributed by atoms with Gasteiger partial charge >= 0.3 is 0 Å². The first kappa shape index (κ1) is 22.2. The van der Waals surface area contributed by atoms with Gasteiger partial charge in [-0.3, -0.25) is 9.69 Å². The van der Waals surface area contributed by atoms with Crippen LogP contribution in [0.5, 0.6) is 0 Å². The average molecular weight is 394 g/mol. The second-order valence-electron chi connectivity index (χ2n) is 8.07. The third-order valence-electron chi connectivity index (χ3n) is 5.75. The van der Waals surface area contributed by atoms with Crippen LogP contribution in [0.4, 0.5) is 0 Å². The summed E-state index contributed by atoms with van der Waals surface area (Å²) in [6.07, 6.45) is 7.67. The zero-order chi connectivity index (χ0) is 19.9. The van der Waals surface area contributed by atoms with Crippen LogP contribution in [0, 0.1) is 0 Å². The van der Waals surface area contributed by atoms with Crippen molar-refractivity contribution in [3.63, 3.8) is 0 Å². The van der Waals surface area contributed by atoms with E-state index >= 15 is 0 Å². The Morgan fingerprint density at radius 1 is 1.19 bits per heavy atom. The van der Waals surface area contributed by atoms with Crippen LogP contribution in [-0.4, -0.2) is 41.4 Å². The molecule has 1 heterocycles. The Morgan fingerprint density at radius 3 is 2.44 bits per heavy atom. The molecule has 1 aromatic carbocycles. The predicted molar refractivity (Wildman–Crippen MR) is 114 cm³/mol. The normalized spacial score (nSPS) is 17.7. The molecule has 1 atom stereocenters. The maximum Gasteiger partial charge on any atom is 0.219 e. The van der Waals surface area contributed by atoms with Gasteiger partial charge in [-0.25, -0.2) is 0 Å². The van der Waals surface area contributed by atoms with Gasteiger partial charge in [0.1, 0.15) is 0 Å². The van der Waals surface area contributed by atoms with E-state index in [1.165, 1.54) is 19.3 Å². The van der Waals surface area contributed by atoms with E-state index in [-0.39, 0.29) is 11.9 Å². The molecule has 0 radical (unpaired) electrons. The van der Waals surface area contributed by atoms with Crippen molar-refractivity contribution in [2.24, 2.45) is 5.73 Å². The van der Waals surface area contributed by atoms with E-state index in [0.29, 0.717) is 0 Å². The molecular formula is C22H36ClN3O. The van der Waals surface area contributed by atoms with Crippen LogP contribution in [0.15, 0.2) is 24.3 Å². The molecule has 27 heavy (non-hydrogen) atoms. The molecule has 1 aliphatic heterocycles. The van der Waals surface area contributed by atoms with Gasteiger partial charge in [0.2, 0.25) is 5.91 Å². The van der Waals surface area contributed by atoms with Crippen LogP contribution < -0.4 is 5.73 Å². The Bertz CT molecular complexity index is 601. The molecule has 0 bridgehead atoms. The van der Waals surface area contributed by atoms with E-state index in [9.17, 15) is 4.79 Å². The van der Waals surface area contributed by atoms with Gasteiger partial charge in [-0.15, -0.1) is 0 Å². The number of likely N-dealkylation sites (tertiary alicyclic amines) is 1. The number of piperidine rings is 1. The van der Waals surface area contributed by atoms with Gasteiger partial charge in [-0.2, -0.15) is 0 Å². The minimum Gasteiger partial charge on any atom is -0.341 e. The number of rotatable bonds is 9. The van der Waals surface area contributed by atoms with Crippen LogP contribution >= 0.6 is 11.6 Å². The van der Waals surface area contributed by atoms with Crippen LogP contribution in [-0.2, 0) is 10.5 Å². The lowest BCUT2D eigenvalue weighted by Gasteiger charge is -2.44. The average Bonchev–Trinajstić information content (AvgIpc) is 2.64. The molecule has 1 aromatic rings. The summed E-state index contributed by atoms with van der Waals surface area (Å²) in [5, 5.41) is 0.758. The van der Waals surface area contributed by atoms with E-state index in [1.807, 2.05) is 23.1 Å². The lowest BCUT2D eigenvalue weighted by atomic mass is 9.90. The van der Waals surface area contributed by atoms with Crippen LogP contribution in [0.3, 0.4) is 0 Å². The van der Waals surface area contributed by atoms with Crippen molar-refractivity contribution < 1.29 is 4.79 Å². The molecule has 1 amide bonds. The molecule has 1 unspecified atom stereocenters. The highest BCUT2D eigenvalue weighted by atomic mass is 35.5. The van der Waals surface area contributed by atoms with E-state index < -0.39 is 5.66 Å². The maximum atomic E-state index is 11.7. The molecular weight excluding hydrogens is 358 g/mol. The Labute approximate surface area is 170 Å². The minimum atomic E-state index is -0.503. The highest BCUT2D eigenvalue weighted by Gasteiger charge is 2.36. The topological polar surface area (TPSA) is 49.6 Å². The molecule has 0 spiro atoms. The number of nitrogens with two attached hydrogens (primary N) is 1. The molecule has 2 rings (SSSR count). The lowest BCUT2D eigenvalue weighted by Crippen LogP contribution is -2.55. The van der Waals surface area contributed by atoms with Gasteiger partial charge < -0.3 is 10.6 Å². The first-order valence-electron chi connectivity index (χ1n) is 10.4. The van der Waals surface area contributed by atoms with E-state index in [4.69, 9.17) is 17.3 Å². The Kier molecular flexibility index (Phi) is 8.59. The zero-order valence-corrected chi connectivity index (χ0v) is 18.0. The van der Waals surface area contributed by atoms with Gasteiger partial charge in [-0.05, 0) is 52.0 Å². The summed E-state index contributed by atoms with van der Waals surface area (Å²) >= 11 is 6.53. The fraction of sp³-hybridized carbons (Fsp3) is 0.682.